The van der Waals surface area contributed by atoms with Gasteiger partial charge in [-0.3, -0.25) is 9.63 Å². The summed E-state index contributed by atoms with van der Waals surface area (Å²) in [4.78, 5) is 30.5. The fourth-order valence-electron chi connectivity index (χ4n) is 2.10. The molecule has 0 saturated carbocycles. The van der Waals surface area contributed by atoms with E-state index in [1.165, 1.54) is 14.2 Å². The molecule has 0 radical (unpaired) electrons. The number of rotatable bonds is 9. The van der Waals surface area contributed by atoms with Gasteiger partial charge in [0, 0.05) is 19.8 Å². The summed E-state index contributed by atoms with van der Waals surface area (Å²) in [6.07, 6.45) is -0.249. The van der Waals surface area contributed by atoms with Crippen LogP contribution in [-0.4, -0.2) is 74.7 Å². The SMILES string of the molecule is CCOC(=O)N(CC[C@@H](O)[C@H](C)C(=O)N(C)OC)C[Si](C)(C)C. The number of carbonyl (C=O) groups is 2. The quantitative estimate of drug-likeness (QED) is 0.507. The van der Waals surface area contributed by atoms with E-state index < -0.39 is 20.1 Å². The lowest BCUT2D eigenvalue weighted by molar-refractivity contribution is -0.176. The highest BCUT2D eigenvalue weighted by Crippen LogP contribution is 2.13. The Hall–Kier alpha value is -1.12. The van der Waals surface area contributed by atoms with Crippen molar-refractivity contribution in [3.8, 4) is 0 Å². The average molecular weight is 349 g/mol. The average Bonchev–Trinajstić information content (AvgIpc) is 2.47. The normalized spacial score (nSPS) is 14.1. The van der Waals surface area contributed by atoms with Gasteiger partial charge in [-0.05, 0) is 13.3 Å². The van der Waals surface area contributed by atoms with Crippen molar-refractivity contribution in [2.24, 2.45) is 5.92 Å². The maximum atomic E-state index is 12.0. The van der Waals surface area contributed by atoms with Gasteiger partial charge < -0.3 is 14.7 Å². The number of amides is 2. The predicted octanol–water partition coefficient (Wildman–Crippen LogP) is 1.73. The van der Waals surface area contributed by atoms with Gasteiger partial charge in [0.25, 0.3) is 5.91 Å². The molecule has 0 rings (SSSR count). The van der Waals surface area contributed by atoms with E-state index in [1.807, 2.05) is 0 Å². The Labute approximate surface area is 140 Å². The Balaban J connectivity index is 4.70. The number of hydrogen-bond acceptors (Lipinski definition) is 5. The first-order valence-electron chi connectivity index (χ1n) is 7.95. The number of carbonyl (C=O) groups excluding carboxylic acids is 2. The molecule has 2 amide bonds. The van der Waals surface area contributed by atoms with Crippen LogP contribution in [-0.2, 0) is 14.4 Å². The molecule has 0 aliphatic carbocycles. The van der Waals surface area contributed by atoms with Crippen LogP contribution in [0, 0.1) is 5.92 Å². The van der Waals surface area contributed by atoms with Gasteiger partial charge in [0.1, 0.15) is 0 Å². The third-order valence-corrected chi connectivity index (χ3v) is 4.77. The molecular formula is C15H32N2O5Si. The summed E-state index contributed by atoms with van der Waals surface area (Å²) in [7, 11) is 1.39. The van der Waals surface area contributed by atoms with E-state index in [0.29, 0.717) is 25.7 Å². The Morgan fingerprint density at radius 3 is 2.26 bits per heavy atom. The fraction of sp³-hybridized carbons (Fsp3) is 0.867. The van der Waals surface area contributed by atoms with Crippen molar-refractivity contribution in [1.29, 1.82) is 0 Å². The van der Waals surface area contributed by atoms with Crippen molar-refractivity contribution >= 4 is 20.1 Å². The second kappa shape index (κ2) is 9.89. The molecule has 0 fully saturated rings. The molecule has 2 atom stereocenters. The maximum absolute atomic E-state index is 12.0. The van der Waals surface area contributed by atoms with E-state index >= 15 is 0 Å². The number of aliphatic hydroxyl groups excluding tert-OH is 1. The van der Waals surface area contributed by atoms with Gasteiger partial charge in [0.05, 0.1) is 33.8 Å². The highest BCUT2D eigenvalue weighted by Gasteiger charge is 2.28. The van der Waals surface area contributed by atoms with E-state index in [0.717, 1.165) is 5.06 Å². The van der Waals surface area contributed by atoms with Crippen LogP contribution in [0.4, 0.5) is 4.79 Å². The maximum Gasteiger partial charge on any atom is 0.409 e. The van der Waals surface area contributed by atoms with Gasteiger partial charge in [0.15, 0.2) is 0 Å². The molecule has 0 saturated heterocycles. The minimum Gasteiger partial charge on any atom is -0.450 e. The van der Waals surface area contributed by atoms with E-state index in [2.05, 4.69) is 19.6 Å². The van der Waals surface area contributed by atoms with Crippen molar-refractivity contribution in [2.45, 2.75) is 46.0 Å². The molecule has 23 heavy (non-hydrogen) atoms. The molecule has 0 aliphatic heterocycles. The third-order valence-electron chi connectivity index (χ3n) is 3.44. The van der Waals surface area contributed by atoms with Gasteiger partial charge in [-0.15, -0.1) is 0 Å². The van der Waals surface area contributed by atoms with Crippen molar-refractivity contribution < 1.29 is 24.3 Å². The second-order valence-corrected chi connectivity index (χ2v) is 12.3. The summed E-state index contributed by atoms with van der Waals surface area (Å²) >= 11 is 0. The van der Waals surface area contributed by atoms with Crippen LogP contribution in [0.15, 0.2) is 0 Å². The molecular weight excluding hydrogens is 316 g/mol. The molecule has 0 aromatic heterocycles. The van der Waals surface area contributed by atoms with E-state index in [4.69, 9.17) is 9.57 Å². The van der Waals surface area contributed by atoms with E-state index in [1.54, 1.807) is 18.7 Å². The van der Waals surface area contributed by atoms with Crippen LogP contribution >= 0.6 is 0 Å². The standard InChI is InChI=1S/C15H32N2O5Si/c1-8-22-15(20)17(11-23(5,6)7)10-9-13(18)12(2)14(19)16(3)21-4/h12-13,18H,8-11H2,1-7H3/t12-,13+/m0/s1. The van der Waals surface area contributed by atoms with Crippen LogP contribution in [0.3, 0.4) is 0 Å². The molecule has 0 aliphatic rings. The summed E-state index contributed by atoms with van der Waals surface area (Å²) in [6, 6.07) is 0. The summed E-state index contributed by atoms with van der Waals surface area (Å²) in [5.41, 5.74) is 0. The van der Waals surface area contributed by atoms with Crippen LogP contribution in [0.25, 0.3) is 0 Å². The summed E-state index contributed by atoms with van der Waals surface area (Å²) in [5.74, 6) is -0.899. The first-order valence-corrected chi connectivity index (χ1v) is 11.7. The highest BCUT2D eigenvalue weighted by atomic mass is 28.3. The molecule has 0 heterocycles. The number of hydrogen-bond donors (Lipinski definition) is 1. The zero-order valence-electron chi connectivity index (χ0n) is 15.5. The number of hydroxylamine groups is 2. The second-order valence-electron chi connectivity index (χ2n) is 6.84. The van der Waals surface area contributed by atoms with Gasteiger partial charge in [-0.2, -0.15) is 0 Å². The minimum atomic E-state index is -1.51. The van der Waals surface area contributed by atoms with Crippen molar-refractivity contribution in [3.63, 3.8) is 0 Å². The molecule has 0 aromatic carbocycles. The van der Waals surface area contributed by atoms with Crippen molar-refractivity contribution in [2.75, 3.05) is 33.5 Å². The third kappa shape index (κ3) is 8.33. The van der Waals surface area contributed by atoms with Crippen molar-refractivity contribution in [1.82, 2.24) is 9.96 Å². The molecule has 1 N–H and O–H groups in total. The van der Waals surface area contributed by atoms with Gasteiger partial charge in [0.2, 0.25) is 0 Å². The van der Waals surface area contributed by atoms with Gasteiger partial charge in [-0.1, -0.05) is 26.6 Å². The topological polar surface area (TPSA) is 79.3 Å². The Morgan fingerprint density at radius 1 is 1.26 bits per heavy atom. The number of aliphatic hydroxyl groups is 1. The summed E-state index contributed by atoms with van der Waals surface area (Å²) in [6.45, 7) is 10.6. The summed E-state index contributed by atoms with van der Waals surface area (Å²) < 4.78 is 5.08. The predicted molar refractivity (Wildman–Crippen MR) is 91.5 cm³/mol. The number of ether oxygens (including phenoxy) is 1. The number of nitrogens with zero attached hydrogens (tertiary/aromatic N) is 2. The Bertz CT molecular complexity index is 387. The van der Waals surface area contributed by atoms with Gasteiger partial charge in [-0.25, -0.2) is 9.86 Å². The van der Waals surface area contributed by atoms with Crippen LogP contribution in [0.2, 0.25) is 19.6 Å². The lowest BCUT2D eigenvalue weighted by Crippen LogP contribution is -2.45. The van der Waals surface area contributed by atoms with Crippen LogP contribution in [0.5, 0.6) is 0 Å². The Morgan fingerprint density at radius 2 is 1.83 bits per heavy atom. The molecule has 7 nitrogen and oxygen atoms in total. The largest absolute Gasteiger partial charge is 0.450 e. The first kappa shape index (κ1) is 21.9. The lowest BCUT2D eigenvalue weighted by atomic mass is 10.0. The van der Waals surface area contributed by atoms with Crippen molar-refractivity contribution in [3.05, 3.63) is 0 Å². The minimum absolute atomic E-state index is 0.298. The molecule has 136 valence electrons. The molecule has 8 heteroatoms. The lowest BCUT2D eigenvalue weighted by Gasteiger charge is -2.30. The first-order chi connectivity index (χ1) is 10.5. The van der Waals surface area contributed by atoms with E-state index in [-0.39, 0.29) is 12.0 Å². The zero-order chi connectivity index (χ0) is 18.2. The monoisotopic (exact) mass is 348 g/mol. The van der Waals surface area contributed by atoms with E-state index in [9.17, 15) is 14.7 Å². The molecule has 0 bridgehead atoms. The van der Waals surface area contributed by atoms with Gasteiger partial charge >= 0.3 is 6.09 Å². The fourth-order valence-corrected chi connectivity index (χ4v) is 3.53. The zero-order valence-corrected chi connectivity index (χ0v) is 16.5. The smallest absolute Gasteiger partial charge is 0.409 e. The Kier molecular flexibility index (Phi) is 9.41. The molecule has 0 unspecified atom stereocenters. The van der Waals surface area contributed by atoms with Crippen LogP contribution < -0.4 is 0 Å². The molecule has 0 spiro atoms. The highest BCUT2D eigenvalue weighted by molar-refractivity contribution is 6.76. The molecule has 0 aromatic rings. The summed E-state index contributed by atoms with van der Waals surface area (Å²) in [5, 5.41) is 11.3. The van der Waals surface area contributed by atoms with Crippen LogP contribution in [0.1, 0.15) is 20.3 Å².